The number of pyridine rings is 2. The van der Waals surface area contributed by atoms with E-state index in [9.17, 15) is 0 Å². The molecule has 0 aliphatic rings. The van der Waals surface area contributed by atoms with Crippen LogP contribution in [0.3, 0.4) is 0 Å². The van der Waals surface area contributed by atoms with Gasteiger partial charge in [-0.05, 0) is 36.8 Å². The molecule has 3 aromatic rings. The average Bonchev–Trinajstić information content (AvgIpc) is 2.80. The second-order valence-corrected chi connectivity index (χ2v) is 4.01. The van der Waals surface area contributed by atoms with Crippen molar-refractivity contribution in [3.63, 3.8) is 0 Å². The molecule has 0 saturated heterocycles. The fourth-order valence-electron chi connectivity index (χ4n) is 1.89. The van der Waals surface area contributed by atoms with Gasteiger partial charge in [-0.1, -0.05) is 6.07 Å². The predicted molar refractivity (Wildman–Crippen MR) is 67.6 cm³/mol. The fraction of sp³-hybridized carbons (Fsp3) is 0.0769. The van der Waals surface area contributed by atoms with Gasteiger partial charge in [0.15, 0.2) is 0 Å². The van der Waals surface area contributed by atoms with E-state index >= 15 is 0 Å². The van der Waals surface area contributed by atoms with Crippen molar-refractivity contribution in [3.05, 3.63) is 48.3 Å². The van der Waals surface area contributed by atoms with Crippen molar-refractivity contribution in [1.29, 1.82) is 0 Å². The summed E-state index contributed by atoms with van der Waals surface area (Å²) in [5.74, 6) is 0.571. The molecule has 0 aliphatic carbocycles. The van der Waals surface area contributed by atoms with Crippen molar-refractivity contribution in [2.24, 2.45) is 0 Å². The van der Waals surface area contributed by atoms with Gasteiger partial charge in [-0.15, -0.1) is 0 Å². The van der Waals surface area contributed by atoms with Gasteiger partial charge < -0.3 is 5.73 Å². The standard InChI is InChI=1S/C13H12N4/c1-9-7-10(8-15-13(9)14)12-4-2-3-11-5-6-16-17(11)12/h2-8H,1H3,(H2,14,15). The van der Waals surface area contributed by atoms with Crippen LogP contribution in [-0.2, 0) is 0 Å². The Hall–Kier alpha value is -2.36. The van der Waals surface area contributed by atoms with Gasteiger partial charge in [0.25, 0.3) is 0 Å². The summed E-state index contributed by atoms with van der Waals surface area (Å²) in [7, 11) is 0. The Morgan fingerprint density at radius 2 is 2.12 bits per heavy atom. The van der Waals surface area contributed by atoms with Gasteiger partial charge in [0.1, 0.15) is 5.82 Å². The molecule has 0 bridgehead atoms. The lowest BCUT2D eigenvalue weighted by molar-refractivity contribution is 0.968. The van der Waals surface area contributed by atoms with Crippen molar-refractivity contribution < 1.29 is 0 Å². The quantitative estimate of drug-likeness (QED) is 0.690. The van der Waals surface area contributed by atoms with Crippen LogP contribution in [0.15, 0.2) is 42.7 Å². The monoisotopic (exact) mass is 224 g/mol. The van der Waals surface area contributed by atoms with Crippen LogP contribution in [0.4, 0.5) is 5.82 Å². The first kappa shape index (κ1) is 9.84. The van der Waals surface area contributed by atoms with E-state index in [0.29, 0.717) is 5.82 Å². The SMILES string of the molecule is Cc1cc(-c2cccc3ccnn23)cnc1N. The number of aryl methyl sites for hydroxylation is 1. The van der Waals surface area contributed by atoms with Crippen LogP contribution in [0, 0.1) is 6.92 Å². The Balaban J connectivity index is 2.26. The molecule has 84 valence electrons. The number of hydrogen-bond acceptors (Lipinski definition) is 3. The molecule has 3 aromatic heterocycles. The number of aromatic nitrogens is 3. The predicted octanol–water partition coefficient (Wildman–Crippen LogP) is 2.29. The van der Waals surface area contributed by atoms with Crippen LogP contribution in [0.25, 0.3) is 16.8 Å². The van der Waals surface area contributed by atoms with Gasteiger partial charge in [-0.25, -0.2) is 9.50 Å². The number of nitrogens with two attached hydrogens (primary N) is 1. The number of anilines is 1. The molecule has 0 saturated carbocycles. The second kappa shape index (κ2) is 3.59. The summed E-state index contributed by atoms with van der Waals surface area (Å²) in [6.07, 6.45) is 3.56. The Morgan fingerprint density at radius 3 is 2.94 bits per heavy atom. The summed E-state index contributed by atoms with van der Waals surface area (Å²) < 4.78 is 1.90. The number of rotatable bonds is 1. The zero-order chi connectivity index (χ0) is 11.8. The highest BCUT2D eigenvalue weighted by molar-refractivity contribution is 5.65. The minimum Gasteiger partial charge on any atom is -0.383 e. The van der Waals surface area contributed by atoms with E-state index < -0.39 is 0 Å². The molecule has 0 spiro atoms. The molecule has 0 aromatic carbocycles. The number of fused-ring (bicyclic) bond motifs is 1. The summed E-state index contributed by atoms with van der Waals surface area (Å²) >= 11 is 0. The van der Waals surface area contributed by atoms with Crippen molar-refractivity contribution >= 4 is 11.3 Å². The highest BCUT2D eigenvalue weighted by Gasteiger charge is 2.05. The first-order valence-electron chi connectivity index (χ1n) is 5.41. The summed E-state index contributed by atoms with van der Waals surface area (Å²) in [6, 6.07) is 10.1. The number of nitrogen functional groups attached to an aromatic ring is 1. The third kappa shape index (κ3) is 1.54. The third-order valence-corrected chi connectivity index (χ3v) is 2.84. The summed E-state index contributed by atoms with van der Waals surface area (Å²) in [5.41, 5.74) is 9.81. The first-order valence-corrected chi connectivity index (χ1v) is 5.41. The fourth-order valence-corrected chi connectivity index (χ4v) is 1.89. The molecule has 0 fully saturated rings. The second-order valence-electron chi connectivity index (χ2n) is 4.01. The van der Waals surface area contributed by atoms with Gasteiger partial charge in [0.2, 0.25) is 0 Å². The van der Waals surface area contributed by atoms with Crippen LogP contribution in [-0.4, -0.2) is 14.6 Å². The molecule has 4 heteroatoms. The van der Waals surface area contributed by atoms with E-state index in [1.165, 1.54) is 0 Å². The molecule has 0 unspecified atom stereocenters. The largest absolute Gasteiger partial charge is 0.383 e. The van der Waals surface area contributed by atoms with Crippen molar-refractivity contribution in [3.8, 4) is 11.3 Å². The van der Waals surface area contributed by atoms with Crippen molar-refractivity contribution in [2.45, 2.75) is 6.92 Å². The number of nitrogens with zero attached hydrogens (tertiary/aromatic N) is 3. The number of hydrogen-bond donors (Lipinski definition) is 1. The molecular weight excluding hydrogens is 212 g/mol. The lowest BCUT2D eigenvalue weighted by Gasteiger charge is -2.06. The molecule has 0 atom stereocenters. The van der Waals surface area contributed by atoms with Crippen molar-refractivity contribution in [1.82, 2.24) is 14.6 Å². The first-order chi connectivity index (χ1) is 8.25. The molecule has 0 amide bonds. The average molecular weight is 224 g/mol. The van der Waals surface area contributed by atoms with Crippen LogP contribution in [0.5, 0.6) is 0 Å². The van der Waals surface area contributed by atoms with Gasteiger partial charge in [-0.2, -0.15) is 5.10 Å². The van der Waals surface area contributed by atoms with Crippen LogP contribution >= 0.6 is 0 Å². The van der Waals surface area contributed by atoms with Gasteiger partial charge in [0, 0.05) is 11.8 Å². The Bertz CT molecular complexity index is 685. The maximum Gasteiger partial charge on any atom is 0.126 e. The molecule has 0 radical (unpaired) electrons. The minimum atomic E-state index is 0.571. The molecule has 3 rings (SSSR count). The normalized spacial score (nSPS) is 10.9. The Labute approximate surface area is 98.7 Å². The molecular formula is C13H12N4. The molecule has 3 heterocycles. The molecule has 2 N–H and O–H groups in total. The van der Waals surface area contributed by atoms with Crippen molar-refractivity contribution in [2.75, 3.05) is 5.73 Å². The molecule has 4 nitrogen and oxygen atoms in total. The lowest BCUT2D eigenvalue weighted by atomic mass is 10.1. The highest BCUT2D eigenvalue weighted by Crippen LogP contribution is 2.22. The van der Waals surface area contributed by atoms with Gasteiger partial charge in [0.05, 0.1) is 17.4 Å². The van der Waals surface area contributed by atoms with E-state index in [1.807, 2.05) is 41.8 Å². The summed E-state index contributed by atoms with van der Waals surface area (Å²) in [4.78, 5) is 4.18. The maximum absolute atomic E-state index is 5.73. The third-order valence-electron chi connectivity index (χ3n) is 2.84. The van der Waals surface area contributed by atoms with Crippen LogP contribution in [0.1, 0.15) is 5.56 Å². The van der Waals surface area contributed by atoms with E-state index in [4.69, 9.17) is 5.73 Å². The zero-order valence-electron chi connectivity index (χ0n) is 9.46. The minimum absolute atomic E-state index is 0.571. The molecule has 17 heavy (non-hydrogen) atoms. The van der Waals surface area contributed by atoms with E-state index in [0.717, 1.165) is 22.3 Å². The van der Waals surface area contributed by atoms with Gasteiger partial charge >= 0.3 is 0 Å². The topological polar surface area (TPSA) is 56.2 Å². The highest BCUT2D eigenvalue weighted by atomic mass is 15.2. The van der Waals surface area contributed by atoms with E-state index in [-0.39, 0.29) is 0 Å². The Kier molecular flexibility index (Phi) is 2.08. The smallest absolute Gasteiger partial charge is 0.126 e. The summed E-state index contributed by atoms with van der Waals surface area (Å²) in [6.45, 7) is 1.95. The Morgan fingerprint density at radius 1 is 1.24 bits per heavy atom. The van der Waals surface area contributed by atoms with Crippen LogP contribution < -0.4 is 5.73 Å². The molecule has 0 aliphatic heterocycles. The zero-order valence-corrected chi connectivity index (χ0v) is 9.46. The summed E-state index contributed by atoms with van der Waals surface area (Å²) in [5, 5.41) is 4.30. The van der Waals surface area contributed by atoms with E-state index in [2.05, 4.69) is 10.1 Å². The van der Waals surface area contributed by atoms with E-state index in [1.54, 1.807) is 12.4 Å². The van der Waals surface area contributed by atoms with Crippen LogP contribution in [0.2, 0.25) is 0 Å². The maximum atomic E-state index is 5.73. The lowest BCUT2D eigenvalue weighted by Crippen LogP contribution is -1.97. The van der Waals surface area contributed by atoms with Gasteiger partial charge in [-0.3, -0.25) is 0 Å².